The monoisotopic (exact) mass is 473 g/mol. The highest BCUT2D eigenvalue weighted by molar-refractivity contribution is 6.12. The number of likely N-dealkylation sites (tertiary alicyclic amines) is 1. The van der Waals surface area contributed by atoms with E-state index in [0.717, 1.165) is 37.6 Å². The minimum absolute atomic E-state index is 0.0450. The Morgan fingerprint density at radius 1 is 1.26 bits per heavy atom. The highest BCUT2D eigenvalue weighted by Crippen LogP contribution is 2.47. The van der Waals surface area contributed by atoms with Crippen molar-refractivity contribution in [2.75, 3.05) is 26.0 Å². The Bertz CT molecular complexity index is 1450. The molecule has 1 N–H and O–H groups in total. The number of carbonyl (C=O) groups excluding carboxylic acids is 2. The average Bonchev–Trinajstić information content (AvgIpc) is 3.53. The molecule has 10 nitrogen and oxygen atoms in total. The molecule has 4 heterocycles. The zero-order chi connectivity index (χ0) is 24.2. The van der Waals surface area contributed by atoms with Gasteiger partial charge in [0.2, 0.25) is 5.91 Å². The standard InChI is InChI=1S/C25H27N7O3/c1-30-15-25(13-21(30)33)8-6-16(7-9-25)32-22(18-5-4-17(35-2)12-19(18)29-32)24(34)28-20-14-27-31-11-3-10-26-23(20)31/h3-5,10-12,14,16H,6-9,13,15H2,1-2H3,(H,28,34). The van der Waals surface area contributed by atoms with Gasteiger partial charge in [0, 0.05) is 43.9 Å². The smallest absolute Gasteiger partial charge is 0.274 e. The number of carbonyl (C=O) groups is 2. The lowest BCUT2D eigenvalue weighted by Crippen LogP contribution is -2.32. The van der Waals surface area contributed by atoms with E-state index >= 15 is 0 Å². The fraction of sp³-hybridized carbons (Fsp3) is 0.400. The van der Waals surface area contributed by atoms with Crippen molar-refractivity contribution in [2.24, 2.45) is 5.41 Å². The van der Waals surface area contributed by atoms with Gasteiger partial charge < -0.3 is 15.0 Å². The van der Waals surface area contributed by atoms with Crippen molar-refractivity contribution < 1.29 is 14.3 Å². The first-order valence-electron chi connectivity index (χ1n) is 11.9. The van der Waals surface area contributed by atoms with Crippen molar-refractivity contribution in [2.45, 2.75) is 38.1 Å². The van der Waals surface area contributed by atoms with Gasteiger partial charge in [0.05, 0.1) is 24.9 Å². The number of hydrogen-bond donors (Lipinski definition) is 1. The van der Waals surface area contributed by atoms with E-state index in [1.165, 1.54) is 0 Å². The lowest BCUT2D eigenvalue weighted by molar-refractivity contribution is -0.126. The Hall–Kier alpha value is -3.95. The molecule has 6 rings (SSSR count). The maximum absolute atomic E-state index is 13.7. The highest BCUT2D eigenvalue weighted by Gasteiger charge is 2.44. The Labute approximate surface area is 201 Å². The van der Waals surface area contributed by atoms with Crippen LogP contribution in [0.2, 0.25) is 0 Å². The molecular formula is C25H27N7O3. The largest absolute Gasteiger partial charge is 0.497 e. The molecule has 0 atom stereocenters. The number of aromatic nitrogens is 5. The van der Waals surface area contributed by atoms with Crippen molar-refractivity contribution in [1.29, 1.82) is 0 Å². The first-order chi connectivity index (χ1) is 17.0. The molecule has 35 heavy (non-hydrogen) atoms. The van der Waals surface area contributed by atoms with Crippen LogP contribution in [0.5, 0.6) is 5.75 Å². The van der Waals surface area contributed by atoms with E-state index in [4.69, 9.17) is 9.84 Å². The van der Waals surface area contributed by atoms with Gasteiger partial charge in [-0.3, -0.25) is 14.3 Å². The van der Waals surface area contributed by atoms with Crippen LogP contribution in [-0.4, -0.2) is 61.8 Å². The zero-order valence-electron chi connectivity index (χ0n) is 19.8. The number of nitrogens with zero attached hydrogens (tertiary/aromatic N) is 6. The minimum atomic E-state index is -0.255. The van der Waals surface area contributed by atoms with E-state index in [1.807, 2.05) is 34.8 Å². The highest BCUT2D eigenvalue weighted by atomic mass is 16.5. The van der Waals surface area contributed by atoms with Gasteiger partial charge in [0.1, 0.15) is 17.1 Å². The summed E-state index contributed by atoms with van der Waals surface area (Å²) in [4.78, 5) is 32.0. The van der Waals surface area contributed by atoms with Gasteiger partial charge in [-0.25, -0.2) is 9.50 Å². The van der Waals surface area contributed by atoms with Gasteiger partial charge in [-0.2, -0.15) is 10.2 Å². The molecule has 2 amide bonds. The Morgan fingerprint density at radius 2 is 2.09 bits per heavy atom. The van der Waals surface area contributed by atoms with Crippen LogP contribution in [0.4, 0.5) is 5.69 Å². The van der Waals surface area contributed by atoms with Crippen LogP contribution >= 0.6 is 0 Å². The molecule has 1 spiro atoms. The van der Waals surface area contributed by atoms with Crippen LogP contribution in [0.3, 0.4) is 0 Å². The van der Waals surface area contributed by atoms with Crippen LogP contribution in [0.15, 0.2) is 42.9 Å². The topological polar surface area (TPSA) is 107 Å². The molecule has 1 aliphatic heterocycles. The summed E-state index contributed by atoms with van der Waals surface area (Å²) in [5.74, 6) is 0.660. The predicted molar refractivity (Wildman–Crippen MR) is 129 cm³/mol. The fourth-order valence-corrected chi connectivity index (χ4v) is 5.70. The quantitative estimate of drug-likeness (QED) is 0.487. The summed E-state index contributed by atoms with van der Waals surface area (Å²) >= 11 is 0. The normalized spacial score (nSPS) is 22.4. The van der Waals surface area contributed by atoms with Gasteiger partial charge in [0.25, 0.3) is 5.91 Å². The van der Waals surface area contributed by atoms with Crippen LogP contribution in [0, 0.1) is 5.41 Å². The Kier molecular flexibility index (Phi) is 4.98. The number of benzene rings is 1. The second kappa shape index (κ2) is 8.07. The fourth-order valence-electron chi connectivity index (χ4n) is 5.70. The number of methoxy groups -OCH3 is 1. The van der Waals surface area contributed by atoms with Gasteiger partial charge in [-0.1, -0.05) is 0 Å². The number of nitrogens with one attached hydrogen (secondary N) is 1. The molecule has 4 aromatic rings. The van der Waals surface area contributed by atoms with E-state index in [-0.39, 0.29) is 23.3 Å². The van der Waals surface area contributed by atoms with Crippen LogP contribution in [0.1, 0.15) is 48.6 Å². The number of anilines is 1. The third-order valence-electron chi connectivity index (χ3n) is 7.53. The van der Waals surface area contributed by atoms with Crippen molar-refractivity contribution >= 4 is 34.1 Å². The third kappa shape index (κ3) is 3.60. The molecular weight excluding hydrogens is 446 g/mol. The first-order valence-corrected chi connectivity index (χ1v) is 11.9. The number of amides is 2. The second-order valence-electron chi connectivity index (χ2n) is 9.73. The van der Waals surface area contributed by atoms with E-state index in [9.17, 15) is 9.59 Å². The molecule has 1 saturated heterocycles. The molecule has 0 bridgehead atoms. The Balaban J connectivity index is 1.35. The maximum Gasteiger partial charge on any atom is 0.274 e. The van der Waals surface area contributed by atoms with Gasteiger partial charge in [0.15, 0.2) is 5.65 Å². The zero-order valence-corrected chi connectivity index (χ0v) is 19.8. The number of rotatable bonds is 4. The van der Waals surface area contributed by atoms with Gasteiger partial charge >= 0.3 is 0 Å². The number of hydrogen-bond acceptors (Lipinski definition) is 6. The Morgan fingerprint density at radius 3 is 2.83 bits per heavy atom. The van der Waals surface area contributed by atoms with E-state index < -0.39 is 0 Å². The van der Waals surface area contributed by atoms with Crippen LogP contribution in [-0.2, 0) is 4.79 Å². The second-order valence-corrected chi connectivity index (χ2v) is 9.73. The summed E-state index contributed by atoms with van der Waals surface area (Å²) in [7, 11) is 3.50. The molecule has 180 valence electrons. The average molecular weight is 474 g/mol. The molecule has 0 radical (unpaired) electrons. The molecule has 2 aliphatic rings. The predicted octanol–water partition coefficient (Wildman–Crippen LogP) is 3.30. The summed E-state index contributed by atoms with van der Waals surface area (Å²) in [6.07, 6.45) is 9.27. The summed E-state index contributed by atoms with van der Waals surface area (Å²) in [5.41, 5.74) is 2.39. The summed E-state index contributed by atoms with van der Waals surface area (Å²) < 4.78 is 8.89. The molecule has 1 aromatic carbocycles. The maximum atomic E-state index is 13.7. The van der Waals surface area contributed by atoms with Crippen LogP contribution < -0.4 is 10.1 Å². The molecule has 10 heteroatoms. The summed E-state index contributed by atoms with van der Waals surface area (Å²) in [5, 5.41) is 12.9. The molecule has 0 unspecified atom stereocenters. The SMILES string of the molecule is COc1ccc2c(C(=O)Nc3cnn4cccnc34)n(C3CCC4(CC3)CC(=O)N(C)C4)nc2c1. The summed E-state index contributed by atoms with van der Waals surface area (Å²) in [6.45, 7) is 0.811. The van der Waals surface area contributed by atoms with Crippen molar-refractivity contribution in [1.82, 2.24) is 29.3 Å². The van der Waals surface area contributed by atoms with Crippen molar-refractivity contribution in [3.63, 3.8) is 0 Å². The number of fused-ring (bicyclic) bond motifs is 2. The summed E-state index contributed by atoms with van der Waals surface area (Å²) in [6, 6.07) is 7.44. The minimum Gasteiger partial charge on any atom is -0.497 e. The first kappa shape index (κ1) is 21.6. The van der Waals surface area contributed by atoms with Gasteiger partial charge in [-0.15, -0.1) is 0 Å². The van der Waals surface area contributed by atoms with E-state index in [1.54, 1.807) is 36.3 Å². The number of ether oxygens (including phenoxy) is 1. The van der Waals surface area contributed by atoms with Gasteiger partial charge in [-0.05, 0) is 49.3 Å². The molecule has 2 fully saturated rings. The lowest BCUT2D eigenvalue weighted by Gasteiger charge is -2.36. The van der Waals surface area contributed by atoms with Crippen LogP contribution in [0.25, 0.3) is 16.6 Å². The molecule has 3 aromatic heterocycles. The van der Waals surface area contributed by atoms with Crippen molar-refractivity contribution in [3.8, 4) is 5.75 Å². The third-order valence-corrected chi connectivity index (χ3v) is 7.53. The lowest BCUT2D eigenvalue weighted by atomic mass is 9.72. The van der Waals surface area contributed by atoms with Crippen molar-refractivity contribution in [3.05, 3.63) is 48.5 Å². The van der Waals surface area contributed by atoms with E-state index in [0.29, 0.717) is 34.7 Å². The molecule has 1 aliphatic carbocycles. The molecule has 1 saturated carbocycles. The van der Waals surface area contributed by atoms with E-state index in [2.05, 4.69) is 15.4 Å².